The molecule has 1 fully saturated rings. The number of nitriles is 1. The van der Waals surface area contributed by atoms with E-state index in [1.807, 2.05) is 36.4 Å². The van der Waals surface area contributed by atoms with Gasteiger partial charge in [-0.3, -0.25) is 4.79 Å². The van der Waals surface area contributed by atoms with E-state index in [9.17, 15) is 10.1 Å². The van der Waals surface area contributed by atoms with Gasteiger partial charge in [0.25, 0.3) is 0 Å². The zero-order valence-corrected chi connectivity index (χ0v) is 10.6. The molecule has 1 saturated carbocycles. The number of benzene rings is 2. The van der Waals surface area contributed by atoms with Crippen LogP contribution in [0.1, 0.15) is 17.9 Å². The molecule has 2 unspecified atom stereocenters. The molecule has 2 atom stereocenters. The smallest absolute Gasteiger partial charge is 0.326 e. The Morgan fingerprint density at radius 3 is 2.74 bits per heavy atom. The lowest BCUT2D eigenvalue weighted by Gasteiger charge is -2.07. The highest BCUT2D eigenvalue weighted by Gasteiger charge is 2.62. The lowest BCUT2D eigenvalue weighted by Crippen LogP contribution is -2.17. The predicted octanol–water partition coefficient (Wildman–Crippen LogP) is 3.01. The van der Waals surface area contributed by atoms with E-state index in [1.165, 1.54) is 7.11 Å². The van der Waals surface area contributed by atoms with Gasteiger partial charge in [-0.05, 0) is 22.8 Å². The van der Waals surface area contributed by atoms with E-state index < -0.39 is 11.4 Å². The van der Waals surface area contributed by atoms with Gasteiger partial charge in [0.1, 0.15) is 0 Å². The van der Waals surface area contributed by atoms with Crippen molar-refractivity contribution in [3.63, 3.8) is 0 Å². The number of rotatable bonds is 2. The lowest BCUT2D eigenvalue weighted by atomic mass is 9.98. The standard InChI is InChI=1S/C16H13NO2/c1-19-15(18)16(10-17)9-14(16)13-7-6-11-4-2-3-5-12(11)8-13/h2-8,14H,9H2,1H3. The Kier molecular flexibility index (Phi) is 2.53. The number of carbonyl (C=O) groups excluding carboxylic acids is 1. The van der Waals surface area contributed by atoms with Gasteiger partial charge in [-0.1, -0.05) is 42.5 Å². The van der Waals surface area contributed by atoms with Gasteiger partial charge < -0.3 is 4.74 Å². The van der Waals surface area contributed by atoms with Crippen LogP contribution in [0.25, 0.3) is 10.8 Å². The molecule has 1 aliphatic carbocycles. The molecule has 0 radical (unpaired) electrons. The summed E-state index contributed by atoms with van der Waals surface area (Å²) in [6.45, 7) is 0. The lowest BCUT2D eigenvalue weighted by molar-refractivity contribution is -0.144. The maximum absolute atomic E-state index is 11.7. The fourth-order valence-corrected chi connectivity index (χ4v) is 2.67. The molecule has 0 bridgehead atoms. The van der Waals surface area contributed by atoms with Crippen molar-refractivity contribution in [3.05, 3.63) is 48.0 Å². The molecule has 2 aromatic rings. The summed E-state index contributed by atoms with van der Waals surface area (Å²) in [5.74, 6) is -0.470. The second-order valence-corrected chi connectivity index (χ2v) is 4.94. The van der Waals surface area contributed by atoms with Gasteiger partial charge in [0.2, 0.25) is 0 Å². The van der Waals surface area contributed by atoms with E-state index in [-0.39, 0.29) is 5.92 Å². The minimum absolute atomic E-state index is 0.0467. The van der Waals surface area contributed by atoms with E-state index in [0.29, 0.717) is 6.42 Å². The van der Waals surface area contributed by atoms with E-state index in [4.69, 9.17) is 4.74 Å². The molecule has 0 spiro atoms. The normalized spacial score (nSPS) is 24.7. The predicted molar refractivity (Wildman–Crippen MR) is 71.4 cm³/mol. The van der Waals surface area contributed by atoms with Crippen LogP contribution in [0.5, 0.6) is 0 Å². The molecule has 0 amide bonds. The first-order chi connectivity index (χ1) is 9.21. The van der Waals surface area contributed by atoms with Crippen molar-refractivity contribution in [2.24, 2.45) is 5.41 Å². The van der Waals surface area contributed by atoms with Crippen molar-refractivity contribution in [2.75, 3.05) is 7.11 Å². The summed E-state index contributed by atoms with van der Waals surface area (Å²) in [4.78, 5) is 11.7. The summed E-state index contributed by atoms with van der Waals surface area (Å²) in [5.41, 5.74) is 0.0580. The second-order valence-electron chi connectivity index (χ2n) is 4.94. The van der Waals surface area contributed by atoms with Crippen LogP contribution >= 0.6 is 0 Å². The monoisotopic (exact) mass is 251 g/mol. The Morgan fingerprint density at radius 1 is 1.32 bits per heavy atom. The zero-order chi connectivity index (χ0) is 13.5. The highest BCUT2D eigenvalue weighted by atomic mass is 16.5. The molecular formula is C16H13NO2. The van der Waals surface area contributed by atoms with Crippen LogP contribution in [0, 0.1) is 16.7 Å². The van der Waals surface area contributed by atoms with Crippen LogP contribution in [0.3, 0.4) is 0 Å². The van der Waals surface area contributed by atoms with Crippen molar-refractivity contribution < 1.29 is 9.53 Å². The quantitative estimate of drug-likeness (QED) is 0.771. The van der Waals surface area contributed by atoms with Gasteiger partial charge in [0, 0.05) is 5.92 Å². The fourth-order valence-electron chi connectivity index (χ4n) is 2.67. The first-order valence-corrected chi connectivity index (χ1v) is 6.19. The maximum atomic E-state index is 11.7. The average Bonchev–Trinajstić information content (AvgIpc) is 3.22. The Morgan fingerprint density at radius 2 is 2.05 bits per heavy atom. The minimum atomic E-state index is -0.975. The summed E-state index contributed by atoms with van der Waals surface area (Å²) in [5, 5.41) is 11.5. The van der Waals surface area contributed by atoms with Crippen LogP contribution in [-0.2, 0) is 9.53 Å². The van der Waals surface area contributed by atoms with Crippen LogP contribution < -0.4 is 0 Å². The van der Waals surface area contributed by atoms with Crippen LogP contribution in [-0.4, -0.2) is 13.1 Å². The molecule has 94 valence electrons. The van der Waals surface area contributed by atoms with Crippen molar-refractivity contribution in [1.29, 1.82) is 5.26 Å². The van der Waals surface area contributed by atoms with E-state index in [2.05, 4.69) is 12.1 Å². The molecule has 1 aliphatic rings. The van der Waals surface area contributed by atoms with Gasteiger partial charge in [-0.15, -0.1) is 0 Å². The molecule has 19 heavy (non-hydrogen) atoms. The molecule has 3 rings (SSSR count). The SMILES string of the molecule is COC(=O)C1(C#N)CC1c1ccc2ccccc2c1. The average molecular weight is 251 g/mol. The molecule has 3 nitrogen and oxygen atoms in total. The highest BCUT2D eigenvalue weighted by Crippen LogP contribution is 2.59. The zero-order valence-electron chi connectivity index (χ0n) is 10.6. The van der Waals surface area contributed by atoms with E-state index in [0.717, 1.165) is 16.3 Å². The minimum Gasteiger partial charge on any atom is -0.468 e. The first-order valence-electron chi connectivity index (χ1n) is 6.19. The largest absolute Gasteiger partial charge is 0.468 e. The number of nitrogens with zero attached hydrogens (tertiary/aromatic N) is 1. The molecule has 0 aliphatic heterocycles. The van der Waals surface area contributed by atoms with Crippen molar-refractivity contribution in [3.8, 4) is 6.07 Å². The van der Waals surface area contributed by atoms with Crippen molar-refractivity contribution in [2.45, 2.75) is 12.3 Å². The maximum Gasteiger partial charge on any atom is 0.326 e. The number of hydrogen-bond donors (Lipinski definition) is 0. The summed E-state index contributed by atoms with van der Waals surface area (Å²) in [7, 11) is 1.33. The summed E-state index contributed by atoms with van der Waals surface area (Å²) < 4.78 is 4.75. The van der Waals surface area contributed by atoms with Gasteiger partial charge in [-0.25, -0.2) is 0 Å². The third-order valence-electron chi connectivity index (χ3n) is 3.89. The van der Waals surface area contributed by atoms with Crippen LogP contribution in [0.4, 0.5) is 0 Å². The number of methoxy groups -OCH3 is 1. The number of carbonyl (C=O) groups is 1. The van der Waals surface area contributed by atoms with Crippen LogP contribution in [0.2, 0.25) is 0 Å². The molecular weight excluding hydrogens is 238 g/mol. The molecule has 0 heterocycles. The Bertz CT molecular complexity index is 701. The Labute approximate surface area is 111 Å². The topological polar surface area (TPSA) is 50.1 Å². The van der Waals surface area contributed by atoms with Gasteiger partial charge in [-0.2, -0.15) is 5.26 Å². The van der Waals surface area contributed by atoms with E-state index >= 15 is 0 Å². The van der Waals surface area contributed by atoms with Gasteiger partial charge in [0.15, 0.2) is 5.41 Å². The fraction of sp³-hybridized carbons (Fsp3) is 0.250. The number of hydrogen-bond acceptors (Lipinski definition) is 3. The molecule has 0 aromatic heterocycles. The molecule has 3 heteroatoms. The van der Waals surface area contributed by atoms with Gasteiger partial charge in [0.05, 0.1) is 13.2 Å². The Hall–Kier alpha value is -2.34. The number of esters is 1. The summed E-state index contributed by atoms with van der Waals surface area (Å²) >= 11 is 0. The molecule has 2 aromatic carbocycles. The van der Waals surface area contributed by atoms with Crippen molar-refractivity contribution in [1.82, 2.24) is 0 Å². The number of fused-ring (bicyclic) bond motifs is 1. The van der Waals surface area contributed by atoms with Crippen LogP contribution in [0.15, 0.2) is 42.5 Å². The second kappa shape index (κ2) is 4.10. The first kappa shape index (κ1) is 11.7. The summed E-state index contributed by atoms with van der Waals surface area (Å²) in [6.07, 6.45) is 0.550. The van der Waals surface area contributed by atoms with Crippen molar-refractivity contribution >= 4 is 16.7 Å². The Balaban J connectivity index is 1.99. The number of ether oxygens (including phenoxy) is 1. The third-order valence-corrected chi connectivity index (χ3v) is 3.89. The van der Waals surface area contributed by atoms with E-state index in [1.54, 1.807) is 0 Å². The van der Waals surface area contributed by atoms with Gasteiger partial charge >= 0.3 is 5.97 Å². The molecule has 0 saturated heterocycles. The third kappa shape index (κ3) is 1.68. The summed E-state index contributed by atoms with van der Waals surface area (Å²) in [6, 6.07) is 16.3. The highest BCUT2D eigenvalue weighted by molar-refractivity contribution is 5.87. The molecule has 0 N–H and O–H groups in total.